The third kappa shape index (κ3) is 3.59. The number of nitriles is 1. The second-order valence-corrected chi connectivity index (χ2v) is 5.68. The number of carbonyl (C=O) groups excluding carboxylic acids is 3. The van der Waals surface area contributed by atoms with Crippen molar-refractivity contribution in [2.24, 2.45) is 0 Å². The van der Waals surface area contributed by atoms with Crippen LogP contribution in [-0.4, -0.2) is 58.0 Å². The Morgan fingerprint density at radius 2 is 1.67 bits per heavy atom. The first-order chi connectivity index (χ1) is 13.0. The lowest BCUT2D eigenvalue weighted by molar-refractivity contribution is 0.0182. The van der Waals surface area contributed by atoms with Crippen LogP contribution in [0.25, 0.3) is 0 Å². The molecule has 27 heavy (non-hydrogen) atoms. The molecule has 9 heteroatoms. The second-order valence-electron chi connectivity index (χ2n) is 5.68. The Bertz CT molecular complexity index is 918. The van der Waals surface area contributed by atoms with Gasteiger partial charge in [0, 0.05) is 25.5 Å². The number of pyridine rings is 2. The van der Waals surface area contributed by atoms with Crippen molar-refractivity contribution in [2.75, 3.05) is 20.2 Å². The van der Waals surface area contributed by atoms with Crippen molar-refractivity contribution in [3.8, 4) is 6.07 Å². The van der Waals surface area contributed by atoms with Gasteiger partial charge >= 0.3 is 5.97 Å². The summed E-state index contributed by atoms with van der Waals surface area (Å²) in [7, 11) is 1.26. The SMILES string of the molecule is COC(=O)c1ccc(C(=O)N2CCCN2C(=O)c2ccc(C#N)nc2)nc1. The van der Waals surface area contributed by atoms with Gasteiger partial charge in [0.2, 0.25) is 0 Å². The van der Waals surface area contributed by atoms with Crippen molar-refractivity contribution in [3.63, 3.8) is 0 Å². The van der Waals surface area contributed by atoms with Crippen LogP contribution in [0.15, 0.2) is 36.7 Å². The summed E-state index contributed by atoms with van der Waals surface area (Å²) < 4.78 is 4.60. The maximum atomic E-state index is 12.7. The lowest BCUT2D eigenvalue weighted by atomic mass is 10.2. The molecule has 3 heterocycles. The summed E-state index contributed by atoms with van der Waals surface area (Å²) in [6, 6.07) is 7.69. The topological polar surface area (TPSA) is 116 Å². The molecule has 0 atom stereocenters. The van der Waals surface area contributed by atoms with E-state index in [2.05, 4.69) is 14.7 Å². The van der Waals surface area contributed by atoms with Gasteiger partial charge in [0.05, 0.1) is 18.2 Å². The van der Waals surface area contributed by atoms with Gasteiger partial charge in [0.25, 0.3) is 11.8 Å². The Hall–Kier alpha value is -3.80. The van der Waals surface area contributed by atoms with Crippen LogP contribution in [0.3, 0.4) is 0 Å². The Morgan fingerprint density at radius 1 is 1.00 bits per heavy atom. The average Bonchev–Trinajstić information content (AvgIpc) is 3.22. The Balaban J connectivity index is 1.78. The number of rotatable bonds is 3. The predicted molar refractivity (Wildman–Crippen MR) is 91.2 cm³/mol. The smallest absolute Gasteiger partial charge is 0.339 e. The number of carbonyl (C=O) groups is 3. The lowest BCUT2D eigenvalue weighted by Gasteiger charge is -2.27. The van der Waals surface area contributed by atoms with Gasteiger partial charge in [-0.15, -0.1) is 0 Å². The number of esters is 1. The highest BCUT2D eigenvalue weighted by atomic mass is 16.5. The first-order valence-corrected chi connectivity index (χ1v) is 8.09. The van der Waals surface area contributed by atoms with E-state index in [1.54, 1.807) is 0 Å². The van der Waals surface area contributed by atoms with E-state index in [-0.39, 0.29) is 28.4 Å². The molecule has 1 aliphatic rings. The molecule has 136 valence electrons. The maximum Gasteiger partial charge on any atom is 0.339 e. The minimum absolute atomic E-state index is 0.111. The molecule has 1 saturated heterocycles. The third-order valence-electron chi connectivity index (χ3n) is 4.03. The van der Waals surface area contributed by atoms with Crippen LogP contribution in [0.5, 0.6) is 0 Å². The molecule has 0 saturated carbocycles. The van der Waals surface area contributed by atoms with E-state index in [0.717, 1.165) is 0 Å². The summed E-state index contributed by atoms with van der Waals surface area (Å²) in [6.45, 7) is 0.750. The zero-order valence-corrected chi connectivity index (χ0v) is 14.5. The number of hydrogen-bond acceptors (Lipinski definition) is 7. The van der Waals surface area contributed by atoms with Crippen LogP contribution in [0.2, 0.25) is 0 Å². The number of hydrogen-bond donors (Lipinski definition) is 0. The molecule has 1 aliphatic heterocycles. The summed E-state index contributed by atoms with van der Waals surface area (Å²) in [5, 5.41) is 11.4. The van der Waals surface area contributed by atoms with Gasteiger partial charge in [0.1, 0.15) is 17.5 Å². The molecule has 0 radical (unpaired) electrons. The molecule has 0 N–H and O–H groups in total. The lowest BCUT2D eigenvalue weighted by Crippen LogP contribution is -2.45. The van der Waals surface area contributed by atoms with Crippen molar-refractivity contribution in [1.29, 1.82) is 5.26 Å². The first-order valence-electron chi connectivity index (χ1n) is 8.09. The fourth-order valence-electron chi connectivity index (χ4n) is 2.66. The summed E-state index contributed by atoms with van der Waals surface area (Å²) in [6.07, 6.45) is 3.19. The van der Waals surface area contributed by atoms with Crippen molar-refractivity contribution < 1.29 is 19.1 Å². The predicted octanol–water partition coefficient (Wildman–Crippen LogP) is 1.04. The highest BCUT2D eigenvalue weighted by molar-refractivity contribution is 5.99. The van der Waals surface area contributed by atoms with E-state index in [1.807, 2.05) is 6.07 Å². The average molecular weight is 365 g/mol. The van der Waals surface area contributed by atoms with Crippen molar-refractivity contribution >= 4 is 17.8 Å². The van der Waals surface area contributed by atoms with Crippen molar-refractivity contribution in [1.82, 2.24) is 20.0 Å². The fourth-order valence-corrected chi connectivity index (χ4v) is 2.66. The summed E-state index contributed by atoms with van der Waals surface area (Å²) in [5.41, 5.74) is 0.825. The molecule has 9 nitrogen and oxygen atoms in total. The van der Waals surface area contributed by atoms with E-state index in [4.69, 9.17) is 5.26 Å². The van der Waals surface area contributed by atoms with Crippen LogP contribution in [-0.2, 0) is 4.74 Å². The van der Waals surface area contributed by atoms with E-state index in [9.17, 15) is 14.4 Å². The molecule has 1 fully saturated rings. The van der Waals surface area contributed by atoms with Gasteiger partial charge in [-0.05, 0) is 30.7 Å². The van der Waals surface area contributed by atoms with Gasteiger partial charge in [-0.1, -0.05) is 0 Å². The van der Waals surface area contributed by atoms with Crippen LogP contribution >= 0.6 is 0 Å². The van der Waals surface area contributed by atoms with Crippen LogP contribution in [0.1, 0.15) is 43.3 Å². The van der Waals surface area contributed by atoms with Crippen LogP contribution in [0, 0.1) is 11.3 Å². The number of amides is 2. The monoisotopic (exact) mass is 365 g/mol. The van der Waals surface area contributed by atoms with Gasteiger partial charge in [-0.2, -0.15) is 5.26 Å². The largest absolute Gasteiger partial charge is 0.465 e. The number of hydrazine groups is 1. The standard InChI is InChI=1S/C18H15N5O4/c1-27-18(26)13-4-6-15(21-11-13)17(25)23-8-2-7-22(23)16(24)12-3-5-14(9-19)20-10-12/h3-6,10-11H,2,7-8H2,1H3. The number of nitrogens with zero attached hydrogens (tertiary/aromatic N) is 5. The molecular formula is C18H15N5O4. The van der Waals surface area contributed by atoms with E-state index in [1.165, 1.54) is 53.8 Å². The second kappa shape index (κ2) is 7.61. The molecule has 0 unspecified atom stereocenters. The van der Waals surface area contributed by atoms with Crippen LogP contribution in [0.4, 0.5) is 0 Å². The highest BCUT2D eigenvalue weighted by Gasteiger charge is 2.32. The summed E-state index contributed by atoms with van der Waals surface area (Å²) in [4.78, 5) is 44.8. The van der Waals surface area contributed by atoms with E-state index in [0.29, 0.717) is 19.5 Å². The molecule has 2 aromatic rings. The molecule has 0 spiro atoms. The van der Waals surface area contributed by atoms with E-state index >= 15 is 0 Å². The molecule has 0 bridgehead atoms. The minimum atomic E-state index is -0.548. The molecule has 2 aromatic heterocycles. The molecule has 0 aliphatic carbocycles. The normalized spacial score (nSPS) is 13.2. The summed E-state index contributed by atoms with van der Waals surface area (Å²) in [5.74, 6) is -1.38. The minimum Gasteiger partial charge on any atom is -0.465 e. The van der Waals surface area contributed by atoms with Crippen LogP contribution < -0.4 is 0 Å². The molecule has 2 amide bonds. The first kappa shape index (κ1) is 18.0. The Labute approximate surface area is 154 Å². The quantitative estimate of drug-likeness (QED) is 0.746. The van der Waals surface area contributed by atoms with Gasteiger partial charge in [-0.25, -0.2) is 19.8 Å². The van der Waals surface area contributed by atoms with E-state index < -0.39 is 11.9 Å². The van der Waals surface area contributed by atoms with Gasteiger partial charge in [0.15, 0.2) is 0 Å². The number of ether oxygens (including phenoxy) is 1. The van der Waals surface area contributed by atoms with Gasteiger partial charge < -0.3 is 4.74 Å². The maximum absolute atomic E-state index is 12.7. The highest BCUT2D eigenvalue weighted by Crippen LogP contribution is 2.18. The molecular weight excluding hydrogens is 350 g/mol. The Kier molecular flexibility index (Phi) is 5.08. The zero-order valence-electron chi connectivity index (χ0n) is 14.5. The molecule has 0 aromatic carbocycles. The third-order valence-corrected chi connectivity index (χ3v) is 4.03. The number of methoxy groups -OCH3 is 1. The fraction of sp³-hybridized carbons (Fsp3) is 0.222. The Morgan fingerprint density at radius 3 is 2.22 bits per heavy atom. The zero-order chi connectivity index (χ0) is 19.4. The molecule has 3 rings (SSSR count). The van der Waals surface area contributed by atoms with Crippen molar-refractivity contribution in [3.05, 3.63) is 59.2 Å². The summed E-state index contributed by atoms with van der Waals surface area (Å²) >= 11 is 0. The number of aromatic nitrogens is 2. The van der Waals surface area contributed by atoms with Crippen molar-refractivity contribution in [2.45, 2.75) is 6.42 Å². The van der Waals surface area contributed by atoms with Gasteiger partial charge in [-0.3, -0.25) is 14.6 Å².